The molecule has 0 saturated heterocycles. The van der Waals surface area contributed by atoms with Gasteiger partial charge in [-0.2, -0.15) is 0 Å². The minimum atomic E-state index is -0.574. The average molecular weight is 321 g/mol. The largest absolute Gasteiger partial charge is 0.368 e. The van der Waals surface area contributed by atoms with E-state index < -0.39 is 6.29 Å². The predicted molar refractivity (Wildman–Crippen MR) is 98.6 cm³/mol. The SMILES string of the molecule is CCCCCCCCCCCC(O)OCCCc1ccccc1. The molecule has 0 heterocycles. The van der Waals surface area contributed by atoms with Crippen LogP contribution in [-0.4, -0.2) is 18.0 Å². The fraction of sp³-hybridized carbons (Fsp3) is 0.714. The highest BCUT2D eigenvalue weighted by molar-refractivity contribution is 5.14. The first-order valence-corrected chi connectivity index (χ1v) is 9.66. The summed E-state index contributed by atoms with van der Waals surface area (Å²) < 4.78 is 5.49. The van der Waals surface area contributed by atoms with Crippen LogP contribution in [0.1, 0.15) is 83.1 Å². The van der Waals surface area contributed by atoms with Crippen molar-refractivity contribution in [3.63, 3.8) is 0 Å². The minimum absolute atomic E-state index is 0.574. The fourth-order valence-corrected chi connectivity index (χ4v) is 2.85. The molecule has 0 saturated carbocycles. The van der Waals surface area contributed by atoms with Gasteiger partial charge in [-0.15, -0.1) is 0 Å². The second kappa shape index (κ2) is 14.7. The molecule has 0 spiro atoms. The molecule has 0 bridgehead atoms. The van der Waals surface area contributed by atoms with Crippen molar-refractivity contribution in [2.24, 2.45) is 0 Å². The van der Waals surface area contributed by atoms with Crippen LogP contribution in [-0.2, 0) is 11.2 Å². The normalized spacial score (nSPS) is 12.4. The summed E-state index contributed by atoms with van der Waals surface area (Å²) in [6.07, 6.45) is 14.0. The quantitative estimate of drug-likeness (QED) is 0.323. The maximum absolute atomic E-state index is 9.82. The molecule has 0 aliphatic carbocycles. The topological polar surface area (TPSA) is 29.5 Å². The highest BCUT2D eigenvalue weighted by Gasteiger charge is 2.03. The zero-order valence-electron chi connectivity index (χ0n) is 15.0. The molecule has 2 nitrogen and oxygen atoms in total. The summed E-state index contributed by atoms with van der Waals surface area (Å²) in [4.78, 5) is 0. The molecular formula is C21H36O2. The Morgan fingerprint density at radius 1 is 0.826 bits per heavy atom. The number of benzene rings is 1. The van der Waals surface area contributed by atoms with E-state index in [9.17, 15) is 5.11 Å². The van der Waals surface area contributed by atoms with Gasteiger partial charge in [-0.3, -0.25) is 0 Å². The third kappa shape index (κ3) is 12.3. The first-order valence-electron chi connectivity index (χ1n) is 9.66. The van der Waals surface area contributed by atoms with Gasteiger partial charge in [0.05, 0.1) is 6.61 Å². The molecule has 23 heavy (non-hydrogen) atoms. The predicted octanol–water partition coefficient (Wildman–Crippen LogP) is 5.88. The van der Waals surface area contributed by atoms with Gasteiger partial charge in [-0.1, -0.05) is 88.6 Å². The molecule has 1 rings (SSSR count). The number of hydrogen-bond acceptors (Lipinski definition) is 2. The van der Waals surface area contributed by atoms with Crippen LogP contribution in [0.3, 0.4) is 0 Å². The van der Waals surface area contributed by atoms with E-state index in [0.29, 0.717) is 6.61 Å². The lowest BCUT2D eigenvalue weighted by Crippen LogP contribution is -2.13. The maximum Gasteiger partial charge on any atom is 0.154 e. The van der Waals surface area contributed by atoms with Crippen LogP contribution >= 0.6 is 0 Å². The van der Waals surface area contributed by atoms with E-state index in [2.05, 4.69) is 31.2 Å². The Labute approximate surface area is 143 Å². The van der Waals surface area contributed by atoms with Gasteiger partial charge in [-0.25, -0.2) is 0 Å². The van der Waals surface area contributed by atoms with E-state index in [0.717, 1.165) is 25.7 Å². The van der Waals surface area contributed by atoms with Crippen molar-refractivity contribution in [1.29, 1.82) is 0 Å². The van der Waals surface area contributed by atoms with Crippen molar-refractivity contribution >= 4 is 0 Å². The molecule has 132 valence electrons. The highest BCUT2D eigenvalue weighted by Crippen LogP contribution is 2.12. The van der Waals surface area contributed by atoms with Gasteiger partial charge in [-0.05, 0) is 31.2 Å². The molecule has 1 unspecified atom stereocenters. The van der Waals surface area contributed by atoms with E-state index in [-0.39, 0.29) is 0 Å². The number of ether oxygens (including phenoxy) is 1. The van der Waals surface area contributed by atoms with E-state index in [1.165, 1.54) is 56.9 Å². The van der Waals surface area contributed by atoms with Crippen molar-refractivity contribution in [2.45, 2.75) is 90.3 Å². The van der Waals surface area contributed by atoms with E-state index in [1.54, 1.807) is 0 Å². The lowest BCUT2D eigenvalue weighted by atomic mass is 10.1. The maximum atomic E-state index is 9.82. The van der Waals surface area contributed by atoms with E-state index in [4.69, 9.17) is 4.74 Å². The monoisotopic (exact) mass is 320 g/mol. The molecule has 0 aliphatic heterocycles. The van der Waals surface area contributed by atoms with Crippen molar-refractivity contribution < 1.29 is 9.84 Å². The molecule has 1 aromatic carbocycles. The Balaban J connectivity index is 1.84. The van der Waals surface area contributed by atoms with Crippen LogP contribution in [0.15, 0.2) is 30.3 Å². The average Bonchev–Trinajstić information content (AvgIpc) is 2.58. The molecule has 0 aromatic heterocycles. The summed E-state index contributed by atoms with van der Waals surface area (Å²) in [6.45, 7) is 2.91. The lowest BCUT2D eigenvalue weighted by Gasteiger charge is -2.12. The van der Waals surface area contributed by atoms with Crippen molar-refractivity contribution in [3.8, 4) is 0 Å². The number of aryl methyl sites for hydroxylation is 1. The number of unbranched alkanes of at least 4 members (excludes halogenated alkanes) is 8. The smallest absolute Gasteiger partial charge is 0.154 e. The van der Waals surface area contributed by atoms with Crippen LogP contribution in [0.4, 0.5) is 0 Å². The molecule has 1 atom stereocenters. The summed E-state index contributed by atoms with van der Waals surface area (Å²) in [5.74, 6) is 0. The number of hydrogen-bond donors (Lipinski definition) is 1. The minimum Gasteiger partial charge on any atom is -0.368 e. The van der Waals surface area contributed by atoms with Crippen molar-refractivity contribution in [2.75, 3.05) is 6.61 Å². The van der Waals surface area contributed by atoms with Crippen LogP contribution in [0, 0.1) is 0 Å². The third-order valence-electron chi connectivity index (χ3n) is 4.32. The second-order valence-electron chi connectivity index (χ2n) is 6.53. The van der Waals surface area contributed by atoms with E-state index in [1.807, 2.05) is 6.07 Å². The Kier molecular flexibility index (Phi) is 12.9. The van der Waals surface area contributed by atoms with Gasteiger partial charge < -0.3 is 9.84 Å². The number of rotatable bonds is 15. The first kappa shape index (κ1) is 20.2. The van der Waals surface area contributed by atoms with Crippen LogP contribution in [0.5, 0.6) is 0 Å². The van der Waals surface area contributed by atoms with Gasteiger partial charge in [0.15, 0.2) is 6.29 Å². The third-order valence-corrected chi connectivity index (χ3v) is 4.32. The Bertz CT molecular complexity index is 350. The summed E-state index contributed by atoms with van der Waals surface area (Å²) in [7, 11) is 0. The van der Waals surface area contributed by atoms with E-state index >= 15 is 0 Å². The lowest BCUT2D eigenvalue weighted by molar-refractivity contribution is -0.104. The Morgan fingerprint density at radius 3 is 2.09 bits per heavy atom. The van der Waals surface area contributed by atoms with Gasteiger partial charge >= 0.3 is 0 Å². The van der Waals surface area contributed by atoms with Crippen molar-refractivity contribution in [1.82, 2.24) is 0 Å². The zero-order valence-corrected chi connectivity index (χ0v) is 15.0. The molecule has 0 fully saturated rings. The fourth-order valence-electron chi connectivity index (χ4n) is 2.85. The standard InChI is InChI=1S/C21H36O2/c1-2-3-4-5-6-7-8-9-13-18-21(22)23-19-14-17-20-15-11-10-12-16-20/h10-12,15-16,21-22H,2-9,13-14,17-19H2,1H3. The van der Waals surface area contributed by atoms with Crippen LogP contribution < -0.4 is 0 Å². The van der Waals surface area contributed by atoms with Gasteiger partial charge in [0.25, 0.3) is 0 Å². The van der Waals surface area contributed by atoms with Crippen LogP contribution in [0.25, 0.3) is 0 Å². The molecular weight excluding hydrogens is 284 g/mol. The van der Waals surface area contributed by atoms with Gasteiger partial charge in [0.1, 0.15) is 0 Å². The molecule has 0 aliphatic rings. The summed E-state index contributed by atoms with van der Waals surface area (Å²) >= 11 is 0. The van der Waals surface area contributed by atoms with Gasteiger partial charge in [0, 0.05) is 0 Å². The number of aliphatic hydroxyl groups excluding tert-OH is 1. The molecule has 0 radical (unpaired) electrons. The molecule has 1 N–H and O–H groups in total. The molecule has 2 heteroatoms. The molecule has 1 aromatic rings. The first-order chi connectivity index (χ1) is 11.3. The summed E-state index contributed by atoms with van der Waals surface area (Å²) in [5.41, 5.74) is 1.34. The Morgan fingerprint density at radius 2 is 1.43 bits per heavy atom. The number of aliphatic hydroxyl groups is 1. The molecule has 0 amide bonds. The van der Waals surface area contributed by atoms with Crippen LogP contribution in [0.2, 0.25) is 0 Å². The summed E-state index contributed by atoms with van der Waals surface area (Å²) in [5, 5.41) is 9.82. The Hall–Kier alpha value is -0.860. The highest BCUT2D eigenvalue weighted by atomic mass is 16.6. The summed E-state index contributed by atoms with van der Waals surface area (Å²) in [6, 6.07) is 10.4. The van der Waals surface area contributed by atoms with Crippen molar-refractivity contribution in [3.05, 3.63) is 35.9 Å². The zero-order chi connectivity index (χ0) is 16.6. The second-order valence-corrected chi connectivity index (χ2v) is 6.53. The van der Waals surface area contributed by atoms with Gasteiger partial charge in [0.2, 0.25) is 0 Å².